The molecule has 2 rings (SSSR count). The molecule has 1 aromatic carbocycles. The molecule has 2 aromatic rings. The standard InChI is InChI=1S/C15H22N4OS.ClH/c1-3-16-8-9-17-14(20)10-21-11(2)15-18-12-6-4-5-7-13(12)19-15;/h4-7,11,16H,3,8-10H2,1-2H3,(H,17,20)(H,18,19);1H. The predicted octanol–water partition coefficient (Wildman–Crippen LogP) is 2.50. The molecule has 0 bridgehead atoms. The SMILES string of the molecule is CCNCCNC(=O)CSC(C)c1nc2ccccc2[nH]1.Cl. The number of thioether (sulfide) groups is 1. The van der Waals surface area contributed by atoms with E-state index < -0.39 is 0 Å². The molecule has 5 nitrogen and oxygen atoms in total. The third-order valence-corrected chi connectivity index (χ3v) is 4.28. The van der Waals surface area contributed by atoms with Gasteiger partial charge in [-0.1, -0.05) is 19.1 Å². The molecule has 0 aliphatic carbocycles. The van der Waals surface area contributed by atoms with Crippen LogP contribution in [0.15, 0.2) is 24.3 Å². The summed E-state index contributed by atoms with van der Waals surface area (Å²) in [6.07, 6.45) is 0. The highest BCUT2D eigenvalue weighted by Gasteiger charge is 2.13. The quantitative estimate of drug-likeness (QED) is 0.645. The van der Waals surface area contributed by atoms with Crippen molar-refractivity contribution < 1.29 is 4.79 Å². The number of carbonyl (C=O) groups excluding carboxylic acids is 1. The Morgan fingerprint density at radius 1 is 1.36 bits per heavy atom. The van der Waals surface area contributed by atoms with Crippen LogP contribution in [-0.4, -0.2) is 41.3 Å². The Hall–Kier alpha value is -1.24. The molecule has 0 saturated carbocycles. The van der Waals surface area contributed by atoms with Gasteiger partial charge in [0.05, 0.1) is 22.0 Å². The van der Waals surface area contributed by atoms with Crippen molar-refractivity contribution in [1.29, 1.82) is 0 Å². The molecular formula is C15H23ClN4OS. The highest BCUT2D eigenvalue weighted by atomic mass is 35.5. The van der Waals surface area contributed by atoms with Gasteiger partial charge in [0.1, 0.15) is 5.82 Å². The van der Waals surface area contributed by atoms with Crippen molar-refractivity contribution in [2.75, 3.05) is 25.4 Å². The van der Waals surface area contributed by atoms with Gasteiger partial charge in [0, 0.05) is 13.1 Å². The van der Waals surface area contributed by atoms with Crippen LogP contribution in [0.3, 0.4) is 0 Å². The van der Waals surface area contributed by atoms with Crippen LogP contribution in [0.1, 0.15) is 24.9 Å². The van der Waals surface area contributed by atoms with Gasteiger partial charge in [-0.2, -0.15) is 0 Å². The summed E-state index contributed by atoms with van der Waals surface area (Å²) in [5.74, 6) is 1.44. The first-order valence-electron chi connectivity index (χ1n) is 7.24. The van der Waals surface area contributed by atoms with Gasteiger partial charge in [0.15, 0.2) is 0 Å². The van der Waals surface area contributed by atoms with E-state index in [1.807, 2.05) is 31.2 Å². The van der Waals surface area contributed by atoms with Crippen LogP contribution in [-0.2, 0) is 4.79 Å². The molecule has 0 radical (unpaired) electrons. The van der Waals surface area contributed by atoms with Crippen molar-refractivity contribution in [3.63, 3.8) is 0 Å². The van der Waals surface area contributed by atoms with Gasteiger partial charge in [0.25, 0.3) is 0 Å². The Balaban J connectivity index is 0.00000242. The summed E-state index contributed by atoms with van der Waals surface area (Å²) in [5.41, 5.74) is 2.00. The lowest BCUT2D eigenvalue weighted by Gasteiger charge is -2.09. The van der Waals surface area contributed by atoms with Gasteiger partial charge < -0.3 is 15.6 Å². The number of imidazole rings is 1. The fraction of sp³-hybridized carbons (Fsp3) is 0.467. The van der Waals surface area contributed by atoms with Crippen LogP contribution in [0.25, 0.3) is 11.0 Å². The lowest BCUT2D eigenvalue weighted by Crippen LogP contribution is -2.32. The molecule has 0 fully saturated rings. The molecule has 122 valence electrons. The number of H-pyrrole nitrogens is 1. The molecule has 7 heteroatoms. The van der Waals surface area contributed by atoms with Crippen LogP contribution < -0.4 is 10.6 Å². The van der Waals surface area contributed by atoms with Gasteiger partial charge in [-0.15, -0.1) is 24.2 Å². The monoisotopic (exact) mass is 342 g/mol. The zero-order valence-electron chi connectivity index (χ0n) is 12.9. The largest absolute Gasteiger partial charge is 0.354 e. The number of nitrogens with zero attached hydrogens (tertiary/aromatic N) is 1. The maximum Gasteiger partial charge on any atom is 0.230 e. The van der Waals surface area contributed by atoms with Gasteiger partial charge in [-0.3, -0.25) is 4.79 Å². The van der Waals surface area contributed by atoms with E-state index in [0.717, 1.165) is 29.9 Å². The number of hydrogen-bond donors (Lipinski definition) is 3. The highest BCUT2D eigenvalue weighted by Crippen LogP contribution is 2.27. The van der Waals surface area contributed by atoms with Gasteiger partial charge in [-0.25, -0.2) is 4.98 Å². The van der Waals surface area contributed by atoms with Gasteiger partial charge in [-0.05, 0) is 25.6 Å². The number of benzene rings is 1. The van der Waals surface area contributed by atoms with Crippen LogP contribution in [0, 0.1) is 0 Å². The maximum absolute atomic E-state index is 11.7. The van der Waals surface area contributed by atoms with E-state index >= 15 is 0 Å². The van der Waals surface area contributed by atoms with Crippen LogP contribution in [0.2, 0.25) is 0 Å². The van der Waals surface area contributed by atoms with Crippen molar-refractivity contribution in [1.82, 2.24) is 20.6 Å². The topological polar surface area (TPSA) is 69.8 Å². The Labute approximate surface area is 141 Å². The van der Waals surface area contributed by atoms with E-state index in [2.05, 4.69) is 27.5 Å². The molecule has 1 atom stereocenters. The minimum absolute atomic E-state index is 0. The van der Waals surface area contributed by atoms with Crippen LogP contribution in [0.5, 0.6) is 0 Å². The second-order valence-electron chi connectivity index (χ2n) is 4.80. The lowest BCUT2D eigenvalue weighted by molar-refractivity contribution is -0.118. The zero-order chi connectivity index (χ0) is 15.1. The summed E-state index contributed by atoms with van der Waals surface area (Å²) in [6, 6.07) is 7.96. The second-order valence-corrected chi connectivity index (χ2v) is 6.13. The van der Waals surface area contributed by atoms with Crippen molar-refractivity contribution in [2.45, 2.75) is 19.1 Å². The first kappa shape index (κ1) is 18.8. The minimum atomic E-state index is 0. The molecule has 1 amide bonds. The smallest absolute Gasteiger partial charge is 0.230 e. The minimum Gasteiger partial charge on any atom is -0.354 e. The molecular weight excluding hydrogens is 320 g/mol. The third kappa shape index (κ3) is 5.51. The first-order valence-corrected chi connectivity index (χ1v) is 8.29. The second kappa shape index (κ2) is 9.71. The van der Waals surface area contributed by atoms with E-state index in [9.17, 15) is 4.79 Å². The molecule has 1 heterocycles. The maximum atomic E-state index is 11.7. The van der Waals surface area contributed by atoms with Crippen molar-refractivity contribution in [2.24, 2.45) is 0 Å². The number of aromatic amines is 1. The summed E-state index contributed by atoms with van der Waals surface area (Å²) in [7, 11) is 0. The normalized spacial score (nSPS) is 11.9. The van der Waals surface area contributed by atoms with Crippen LogP contribution in [0.4, 0.5) is 0 Å². The van der Waals surface area contributed by atoms with E-state index in [1.165, 1.54) is 0 Å². The Morgan fingerprint density at radius 3 is 2.86 bits per heavy atom. The number of amides is 1. The zero-order valence-corrected chi connectivity index (χ0v) is 14.5. The number of likely N-dealkylation sites (N-methyl/N-ethyl adjacent to an activating group) is 1. The number of carbonyl (C=O) groups is 1. The van der Waals surface area contributed by atoms with E-state index in [0.29, 0.717) is 12.3 Å². The Bertz CT molecular complexity index is 557. The molecule has 0 spiro atoms. The van der Waals surface area contributed by atoms with Crippen molar-refractivity contribution in [3.05, 3.63) is 30.1 Å². The summed E-state index contributed by atoms with van der Waals surface area (Å²) in [6.45, 7) is 6.52. The van der Waals surface area contributed by atoms with Crippen molar-refractivity contribution in [3.8, 4) is 0 Å². The highest BCUT2D eigenvalue weighted by molar-refractivity contribution is 8.00. The molecule has 0 aliphatic rings. The number of nitrogens with one attached hydrogen (secondary N) is 3. The summed E-state index contributed by atoms with van der Waals surface area (Å²) < 4.78 is 0. The fourth-order valence-electron chi connectivity index (χ4n) is 1.96. The number of fused-ring (bicyclic) bond motifs is 1. The number of halogens is 1. The fourth-order valence-corrected chi connectivity index (χ4v) is 2.74. The summed E-state index contributed by atoms with van der Waals surface area (Å²) in [4.78, 5) is 19.6. The summed E-state index contributed by atoms with van der Waals surface area (Å²) in [5, 5.41) is 6.23. The van der Waals surface area contributed by atoms with E-state index in [4.69, 9.17) is 0 Å². The molecule has 0 aliphatic heterocycles. The molecule has 3 N–H and O–H groups in total. The molecule has 0 saturated heterocycles. The number of para-hydroxylation sites is 2. The molecule has 1 aromatic heterocycles. The summed E-state index contributed by atoms with van der Waals surface area (Å²) >= 11 is 1.59. The van der Waals surface area contributed by atoms with Crippen LogP contribution >= 0.6 is 24.2 Å². The number of hydrogen-bond acceptors (Lipinski definition) is 4. The predicted molar refractivity (Wildman–Crippen MR) is 95.8 cm³/mol. The van der Waals surface area contributed by atoms with Gasteiger partial charge in [0.2, 0.25) is 5.91 Å². The van der Waals surface area contributed by atoms with E-state index in [1.54, 1.807) is 11.8 Å². The molecule has 22 heavy (non-hydrogen) atoms. The Morgan fingerprint density at radius 2 is 2.14 bits per heavy atom. The Kier molecular flexibility index (Phi) is 8.30. The number of rotatable bonds is 8. The van der Waals surface area contributed by atoms with Gasteiger partial charge >= 0.3 is 0 Å². The average Bonchev–Trinajstić information content (AvgIpc) is 2.93. The number of aromatic nitrogens is 2. The van der Waals surface area contributed by atoms with Crippen molar-refractivity contribution >= 4 is 41.1 Å². The average molecular weight is 343 g/mol. The third-order valence-electron chi connectivity index (χ3n) is 3.13. The lowest BCUT2D eigenvalue weighted by atomic mass is 10.3. The first-order chi connectivity index (χ1) is 10.2. The molecule has 1 unspecified atom stereocenters. The van der Waals surface area contributed by atoms with E-state index in [-0.39, 0.29) is 23.6 Å².